The highest BCUT2D eigenvalue weighted by Crippen LogP contribution is 2.32. The molecule has 0 aromatic heterocycles. The average molecular weight is 293 g/mol. The summed E-state index contributed by atoms with van der Waals surface area (Å²) >= 11 is 1.88. The topological polar surface area (TPSA) is 21.3 Å². The lowest BCUT2D eigenvalue weighted by atomic mass is 9.87. The largest absolute Gasteiger partial charge is 0.494 e. The minimum absolute atomic E-state index is 0.522. The number of benzene rings is 1. The molecule has 0 saturated heterocycles. The van der Waals surface area contributed by atoms with Crippen molar-refractivity contribution in [1.29, 1.82) is 0 Å². The zero-order valence-electron chi connectivity index (χ0n) is 12.8. The van der Waals surface area contributed by atoms with Gasteiger partial charge in [0, 0.05) is 6.04 Å². The van der Waals surface area contributed by atoms with Gasteiger partial charge in [0.25, 0.3) is 0 Å². The van der Waals surface area contributed by atoms with Crippen LogP contribution in [0.3, 0.4) is 0 Å². The molecule has 2 nitrogen and oxygen atoms in total. The molecule has 20 heavy (non-hydrogen) atoms. The highest BCUT2D eigenvalue weighted by atomic mass is 32.2. The highest BCUT2D eigenvalue weighted by molar-refractivity contribution is 7.98. The van der Waals surface area contributed by atoms with E-state index in [1.807, 2.05) is 11.8 Å². The van der Waals surface area contributed by atoms with Crippen LogP contribution >= 0.6 is 11.8 Å². The van der Waals surface area contributed by atoms with Gasteiger partial charge in [0.1, 0.15) is 5.75 Å². The van der Waals surface area contributed by atoms with E-state index in [1.54, 1.807) is 0 Å². The minimum Gasteiger partial charge on any atom is -0.494 e. The van der Waals surface area contributed by atoms with Crippen LogP contribution in [0.4, 0.5) is 0 Å². The molecular weight excluding hydrogens is 266 g/mol. The first-order chi connectivity index (χ1) is 9.85. The number of thioether (sulfide) groups is 1. The zero-order valence-corrected chi connectivity index (χ0v) is 13.6. The molecular formula is C17H27NOS. The maximum Gasteiger partial charge on any atom is 0.119 e. The molecule has 0 heterocycles. The van der Waals surface area contributed by atoms with Crippen LogP contribution in [-0.4, -0.2) is 25.2 Å². The van der Waals surface area contributed by atoms with Gasteiger partial charge in [-0.15, -0.1) is 0 Å². The standard InChI is InChI=1S/C17H27NOS/c1-3-10-18-17-7-4-6-14-8-9-15(13-16(14)17)19-11-5-12-20-2/h8-9,13,17-18H,3-7,10-12H2,1-2H3. The zero-order chi connectivity index (χ0) is 14.2. The Balaban J connectivity index is 1.99. The molecule has 1 aliphatic rings. The predicted molar refractivity (Wildman–Crippen MR) is 88.9 cm³/mol. The molecule has 1 aromatic carbocycles. The second-order valence-electron chi connectivity index (χ2n) is 5.45. The third-order valence-corrected chi connectivity index (χ3v) is 4.53. The highest BCUT2D eigenvalue weighted by Gasteiger charge is 2.19. The van der Waals surface area contributed by atoms with Gasteiger partial charge in [0.15, 0.2) is 0 Å². The van der Waals surface area contributed by atoms with Crippen molar-refractivity contribution >= 4 is 11.8 Å². The van der Waals surface area contributed by atoms with Crippen molar-refractivity contribution in [2.45, 2.75) is 45.1 Å². The van der Waals surface area contributed by atoms with Crippen molar-refractivity contribution in [3.63, 3.8) is 0 Å². The van der Waals surface area contributed by atoms with Crippen LogP contribution in [0.1, 0.15) is 49.8 Å². The quantitative estimate of drug-likeness (QED) is 0.726. The fraction of sp³-hybridized carbons (Fsp3) is 0.647. The number of hydrogen-bond donors (Lipinski definition) is 1. The van der Waals surface area contributed by atoms with Gasteiger partial charge in [0.2, 0.25) is 0 Å². The maximum atomic E-state index is 5.89. The van der Waals surface area contributed by atoms with Gasteiger partial charge in [-0.1, -0.05) is 13.0 Å². The molecule has 1 N–H and O–H groups in total. The van der Waals surface area contributed by atoms with Gasteiger partial charge in [-0.25, -0.2) is 0 Å². The average Bonchev–Trinajstić information content (AvgIpc) is 2.49. The fourth-order valence-corrected chi connectivity index (χ4v) is 3.20. The van der Waals surface area contributed by atoms with Crippen LogP contribution in [-0.2, 0) is 6.42 Å². The first-order valence-corrected chi connectivity index (χ1v) is 9.22. The SMILES string of the molecule is CCCNC1CCCc2ccc(OCCCSC)cc21. The number of nitrogens with one attached hydrogen (secondary N) is 1. The van der Waals surface area contributed by atoms with E-state index in [2.05, 4.69) is 36.7 Å². The van der Waals surface area contributed by atoms with E-state index in [9.17, 15) is 0 Å². The van der Waals surface area contributed by atoms with E-state index in [0.717, 1.165) is 25.3 Å². The number of rotatable bonds is 8. The summed E-state index contributed by atoms with van der Waals surface area (Å²) in [5, 5.41) is 3.67. The monoisotopic (exact) mass is 293 g/mol. The van der Waals surface area contributed by atoms with Crippen LogP contribution < -0.4 is 10.1 Å². The normalized spacial score (nSPS) is 17.8. The van der Waals surface area contributed by atoms with Gasteiger partial charge in [0.05, 0.1) is 6.61 Å². The first-order valence-electron chi connectivity index (χ1n) is 7.83. The van der Waals surface area contributed by atoms with E-state index in [0.29, 0.717) is 6.04 Å². The molecule has 0 amide bonds. The Morgan fingerprint density at radius 3 is 3.10 bits per heavy atom. The van der Waals surface area contributed by atoms with Gasteiger partial charge in [-0.2, -0.15) is 11.8 Å². The van der Waals surface area contributed by atoms with Gasteiger partial charge >= 0.3 is 0 Å². The smallest absolute Gasteiger partial charge is 0.119 e. The Labute approximate surface area is 127 Å². The molecule has 1 aliphatic carbocycles. The van der Waals surface area contributed by atoms with Crippen LogP contribution in [0.2, 0.25) is 0 Å². The molecule has 1 aromatic rings. The summed E-state index contributed by atoms with van der Waals surface area (Å²) in [4.78, 5) is 0. The summed E-state index contributed by atoms with van der Waals surface area (Å²) in [7, 11) is 0. The summed E-state index contributed by atoms with van der Waals surface area (Å²) in [6.45, 7) is 4.15. The van der Waals surface area contributed by atoms with Crippen molar-refractivity contribution in [1.82, 2.24) is 5.32 Å². The summed E-state index contributed by atoms with van der Waals surface area (Å²) in [5.74, 6) is 2.21. The molecule has 1 unspecified atom stereocenters. The number of hydrogen-bond acceptors (Lipinski definition) is 3. The van der Waals surface area contributed by atoms with Gasteiger partial charge < -0.3 is 10.1 Å². The van der Waals surface area contributed by atoms with Crippen molar-refractivity contribution in [2.75, 3.05) is 25.2 Å². The second kappa shape index (κ2) is 8.58. The predicted octanol–water partition coefficient (Wildman–Crippen LogP) is 4.20. The van der Waals surface area contributed by atoms with E-state index in [4.69, 9.17) is 4.74 Å². The maximum absolute atomic E-state index is 5.89. The molecule has 0 fully saturated rings. The van der Waals surface area contributed by atoms with E-state index in [-0.39, 0.29) is 0 Å². The van der Waals surface area contributed by atoms with E-state index in [1.165, 1.54) is 42.6 Å². The molecule has 2 rings (SSSR count). The van der Waals surface area contributed by atoms with Crippen molar-refractivity contribution in [3.05, 3.63) is 29.3 Å². The van der Waals surface area contributed by atoms with Crippen molar-refractivity contribution in [2.24, 2.45) is 0 Å². The third kappa shape index (κ3) is 4.42. The molecule has 0 aliphatic heterocycles. The molecule has 112 valence electrons. The second-order valence-corrected chi connectivity index (χ2v) is 6.44. The molecule has 0 radical (unpaired) electrons. The molecule has 3 heteroatoms. The lowest BCUT2D eigenvalue weighted by Gasteiger charge is -2.27. The molecule has 0 saturated carbocycles. The Morgan fingerprint density at radius 2 is 2.30 bits per heavy atom. The summed E-state index contributed by atoms with van der Waals surface area (Å²) in [5.41, 5.74) is 2.97. The lowest BCUT2D eigenvalue weighted by molar-refractivity contribution is 0.317. The van der Waals surface area contributed by atoms with Crippen LogP contribution in [0.25, 0.3) is 0 Å². The van der Waals surface area contributed by atoms with Crippen molar-refractivity contribution in [3.8, 4) is 5.75 Å². The summed E-state index contributed by atoms with van der Waals surface area (Å²) in [6.07, 6.45) is 8.22. The third-order valence-electron chi connectivity index (χ3n) is 3.83. The van der Waals surface area contributed by atoms with Crippen LogP contribution in [0, 0.1) is 0 Å². The Bertz CT molecular complexity index is 408. The number of aryl methyl sites for hydroxylation is 1. The molecule has 0 bridgehead atoms. The summed E-state index contributed by atoms with van der Waals surface area (Å²) in [6, 6.07) is 7.19. The number of ether oxygens (including phenoxy) is 1. The number of fused-ring (bicyclic) bond motifs is 1. The fourth-order valence-electron chi connectivity index (χ4n) is 2.79. The first kappa shape index (κ1) is 15.7. The Hall–Kier alpha value is -0.670. The Morgan fingerprint density at radius 1 is 1.40 bits per heavy atom. The van der Waals surface area contributed by atoms with Crippen LogP contribution in [0.5, 0.6) is 5.75 Å². The van der Waals surface area contributed by atoms with E-state index >= 15 is 0 Å². The molecule has 1 atom stereocenters. The van der Waals surface area contributed by atoms with Crippen molar-refractivity contribution < 1.29 is 4.74 Å². The lowest BCUT2D eigenvalue weighted by Crippen LogP contribution is -2.25. The molecule has 0 spiro atoms. The Kier molecular flexibility index (Phi) is 6.74. The summed E-state index contributed by atoms with van der Waals surface area (Å²) < 4.78 is 5.89. The minimum atomic E-state index is 0.522. The van der Waals surface area contributed by atoms with Crippen LogP contribution in [0.15, 0.2) is 18.2 Å². The van der Waals surface area contributed by atoms with Gasteiger partial charge in [-0.05, 0) is 73.9 Å². The van der Waals surface area contributed by atoms with Gasteiger partial charge in [-0.3, -0.25) is 0 Å². The van der Waals surface area contributed by atoms with E-state index < -0.39 is 0 Å².